The number of carbonyl (C=O) groups excluding carboxylic acids is 1. The van der Waals surface area contributed by atoms with E-state index in [0.717, 1.165) is 59.8 Å². The summed E-state index contributed by atoms with van der Waals surface area (Å²) in [5.41, 5.74) is 9.09. The molecule has 2 aliphatic rings. The zero-order valence-corrected chi connectivity index (χ0v) is 18.0. The molecule has 1 aliphatic carbocycles. The molecule has 3 aromatic rings. The van der Waals surface area contributed by atoms with Crippen molar-refractivity contribution in [1.29, 1.82) is 0 Å². The lowest BCUT2D eigenvalue weighted by Gasteiger charge is -2.19. The lowest BCUT2D eigenvalue weighted by Crippen LogP contribution is -2.25. The fraction of sp³-hybridized carbons (Fsp3) is 0.360. The molecule has 1 aliphatic heterocycles. The highest BCUT2D eigenvalue weighted by molar-refractivity contribution is 5.76. The number of aromatic nitrogens is 3. The number of hydrogen-bond acceptors (Lipinski definition) is 6. The fourth-order valence-corrected chi connectivity index (χ4v) is 5.13. The minimum Gasteiger partial charge on any atom is -0.369 e. The molecule has 1 aromatic carbocycles. The first-order valence-corrected chi connectivity index (χ1v) is 11.2. The molecule has 2 aromatic heterocycles. The molecule has 164 valence electrons. The van der Waals surface area contributed by atoms with E-state index in [9.17, 15) is 4.79 Å². The van der Waals surface area contributed by atoms with Crippen molar-refractivity contribution < 1.29 is 4.79 Å². The number of anilines is 1. The Labute approximate surface area is 188 Å². The Morgan fingerprint density at radius 3 is 2.41 bits per heavy atom. The first kappa shape index (κ1) is 20.6. The summed E-state index contributed by atoms with van der Waals surface area (Å²) in [4.78, 5) is 18.0. The quantitative estimate of drug-likeness (QED) is 0.601. The first-order valence-electron chi connectivity index (χ1n) is 11.2. The molecular formula is C25H28N6O. The summed E-state index contributed by atoms with van der Waals surface area (Å²) in [7, 11) is 0. The van der Waals surface area contributed by atoms with Crippen LogP contribution in [0.1, 0.15) is 24.1 Å². The molecule has 2 fully saturated rings. The largest absolute Gasteiger partial charge is 0.369 e. The van der Waals surface area contributed by atoms with Gasteiger partial charge in [-0.25, -0.2) is 0 Å². The number of nitrogens with one attached hydrogen (secondary N) is 1. The van der Waals surface area contributed by atoms with Crippen molar-refractivity contribution in [2.75, 3.05) is 18.4 Å². The van der Waals surface area contributed by atoms with Crippen LogP contribution >= 0.6 is 0 Å². The van der Waals surface area contributed by atoms with E-state index in [0.29, 0.717) is 6.04 Å². The molecule has 7 nitrogen and oxygen atoms in total. The molecule has 1 unspecified atom stereocenters. The lowest BCUT2D eigenvalue weighted by atomic mass is 10.0. The second-order valence-electron chi connectivity index (χ2n) is 8.99. The number of rotatable bonds is 7. The third-order valence-corrected chi connectivity index (χ3v) is 6.58. The topological polar surface area (TPSA) is 97.0 Å². The van der Waals surface area contributed by atoms with E-state index in [1.165, 1.54) is 12.8 Å². The zero-order chi connectivity index (χ0) is 21.9. The van der Waals surface area contributed by atoms with E-state index in [4.69, 9.17) is 5.73 Å². The lowest BCUT2D eigenvalue weighted by molar-refractivity contribution is -0.117. The monoisotopic (exact) mass is 428 g/mol. The van der Waals surface area contributed by atoms with Crippen molar-refractivity contribution in [3.8, 4) is 11.3 Å². The normalized spacial score (nSPS) is 22.6. The summed E-state index contributed by atoms with van der Waals surface area (Å²) in [5, 5.41) is 12.4. The summed E-state index contributed by atoms with van der Waals surface area (Å²) in [5.74, 6) is 1.98. The highest BCUT2D eigenvalue weighted by Gasteiger charge is 2.40. The number of benzene rings is 1. The van der Waals surface area contributed by atoms with Crippen molar-refractivity contribution in [1.82, 2.24) is 20.1 Å². The van der Waals surface area contributed by atoms with Crippen molar-refractivity contribution in [3.05, 3.63) is 72.1 Å². The van der Waals surface area contributed by atoms with E-state index in [-0.39, 0.29) is 12.3 Å². The van der Waals surface area contributed by atoms with Gasteiger partial charge in [-0.1, -0.05) is 30.3 Å². The molecule has 0 bridgehead atoms. The SMILES string of the molecule is NC(=O)Cc1ccc(-c2ccc(NC3C[C@@H]4CN(Cc5ccccn5)C[C@@H]4C3)nn2)cc1. The average molecular weight is 429 g/mol. The number of hydrogen-bond donors (Lipinski definition) is 2. The molecule has 7 heteroatoms. The number of nitrogens with zero attached hydrogens (tertiary/aromatic N) is 4. The molecule has 0 spiro atoms. The van der Waals surface area contributed by atoms with Gasteiger partial charge in [-0.3, -0.25) is 14.7 Å². The third-order valence-electron chi connectivity index (χ3n) is 6.58. The Balaban J connectivity index is 1.13. The predicted molar refractivity (Wildman–Crippen MR) is 124 cm³/mol. The minimum atomic E-state index is -0.329. The number of nitrogens with two attached hydrogens (primary N) is 1. The van der Waals surface area contributed by atoms with Gasteiger partial charge in [0, 0.05) is 37.4 Å². The van der Waals surface area contributed by atoms with Gasteiger partial charge in [0.25, 0.3) is 0 Å². The van der Waals surface area contributed by atoms with Gasteiger partial charge in [0.15, 0.2) is 0 Å². The van der Waals surface area contributed by atoms with Crippen LogP contribution in [-0.2, 0) is 17.8 Å². The molecular weight excluding hydrogens is 400 g/mol. The maximum atomic E-state index is 11.0. The highest BCUT2D eigenvalue weighted by Crippen LogP contribution is 2.39. The molecule has 1 saturated carbocycles. The van der Waals surface area contributed by atoms with Gasteiger partial charge in [-0.05, 0) is 54.5 Å². The minimum absolute atomic E-state index is 0.249. The first-order chi connectivity index (χ1) is 15.6. The molecule has 5 rings (SSSR count). The fourth-order valence-electron chi connectivity index (χ4n) is 5.13. The van der Waals surface area contributed by atoms with Crippen LogP contribution < -0.4 is 11.1 Å². The average Bonchev–Trinajstić information content (AvgIpc) is 3.33. The van der Waals surface area contributed by atoms with Crippen molar-refractivity contribution >= 4 is 11.7 Å². The summed E-state index contributed by atoms with van der Waals surface area (Å²) in [6.07, 6.45) is 4.47. The second-order valence-corrected chi connectivity index (χ2v) is 8.99. The number of pyridine rings is 1. The van der Waals surface area contributed by atoms with Gasteiger partial charge in [0.05, 0.1) is 17.8 Å². The Kier molecular flexibility index (Phi) is 5.81. The molecule has 32 heavy (non-hydrogen) atoms. The van der Waals surface area contributed by atoms with Crippen molar-refractivity contribution in [3.63, 3.8) is 0 Å². The number of likely N-dealkylation sites (tertiary alicyclic amines) is 1. The predicted octanol–water partition coefficient (Wildman–Crippen LogP) is 2.89. The highest BCUT2D eigenvalue weighted by atomic mass is 16.1. The van der Waals surface area contributed by atoms with Crippen LogP contribution in [0.3, 0.4) is 0 Å². The van der Waals surface area contributed by atoms with Gasteiger partial charge < -0.3 is 11.1 Å². The molecule has 1 amide bonds. The third kappa shape index (κ3) is 4.78. The maximum Gasteiger partial charge on any atom is 0.221 e. The molecule has 3 atom stereocenters. The standard InChI is InChI=1S/C25H28N6O/c26-24(32)11-17-4-6-18(7-5-17)23-8-9-25(30-29-23)28-22-12-19-14-31(15-20(19)13-22)16-21-3-1-2-10-27-21/h1-10,19-20,22H,11-16H2,(H2,26,32)(H,28,30)/t19-,20+,22?. The van der Waals surface area contributed by atoms with E-state index >= 15 is 0 Å². The number of amides is 1. The summed E-state index contributed by atoms with van der Waals surface area (Å²) in [6.45, 7) is 3.24. The summed E-state index contributed by atoms with van der Waals surface area (Å²) < 4.78 is 0. The Hall–Kier alpha value is -3.32. The van der Waals surface area contributed by atoms with Crippen LogP contribution in [0.2, 0.25) is 0 Å². The molecule has 0 radical (unpaired) electrons. The molecule has 1 saturated heterocycles. The van der Waals surface area contributed by atoms with E-state index in [1.807, 2.05) is 48.7 Å². The number of carbonyl (C=O) groups is 1. The number of fused-ring (bicyclic) bond motifs is 1. The van der Waals surface area contributed by atoms with Gasteiger partial charge in [0.1, 0.15) is 5.82 Å². The van der Waals surface area contributed by atoms with Crippen LogP contribution in [0.25, 0.3) is 11.3 Å². The van der Waals surface area contributed by atoms with Gasteiger partial charge >= 0.3 is 0 Å². The van der Waals surface area contributed by atoms with Gasteiger partial charge in [-0.15, -0.1) is 10.2 Å². The van der Waals surface area contributed by atoms with Crippen LogP contribution in [0.15, 0.2) is 60.8 Å². The van der Waals surface area contributed by atoms with Gasteiger partial charge in [0.2, 0.25) is 5.91 Å². The van der Waals surface area contributed by atoms with E-state index in [1.54, 1.807) is 0 Å². The van der Waals surface area contributed by atoms with Crippen LogP contribution in [0.5, 0.6) is 0 Å². The second kappa shape index (κ2) is 9.04. The smallest absolute Gasteiger partial charge is 0.221 e. The van der Waals surface area contributed by atoms with E-state index in [2.05, 4.69) is 37.5 Å². The molecule has 3 N–H and O–H groups in total. The van der Waals surface area contributed by atoms with Crippen LogP contribution in [0, 0.1) is 11.8 Å². The molecule has 3 heterocycles. The Morgan fingerprint density at radius 1 is 1.00 bits per heavy atom. The van der Waals surface area contributed by atoms with Gasteiger partial charge in [-0.2, -0.15) is 0 Å². The Bertz CT molecular complexity index is 1040. The summed E-state index contributed by atoms with van der Waals surface area (Å²) >= 11 is 0. The maximum absolute atomic E-state index is 11.0. The zero-order valence-electron chi connectivity index (χ0n) is 18.0. The number of primary amides is 1. The van der Waals surface area contributed by atoms with E-state index < -0.39 is 0 Å². The Morgan fingerprint density at radius 2 is 1.78 bits per heavy atom. The summed E-state index contributed by atoms with van der Waals surface area (Å²) in [6, 6.07) is 18.3. The van der Waals surface area contributed by atoms with Crippen molar-refractivity contribution in [2.45, 2.75) is 31.8 Å². The van der Waals surface area contributed by atoms with Crippen LogP contribution in [-0.4, -0.2) is 45.1 Å². The van der Waals surface area contributed by atoms with Crippen LogP contribution in [0.4, 0.5) is 5.82 Å². The van der Waals surface area contributed by atoms with Crippen molar-refractivity contribution in [2.24, 2.45) is 17.6 Å².